The maximum absolute atomic E-state index is 12.9. The number of rotatable bonds is 4. The molecule has 1 aliphatic carbocycles. The molecule has 2 aromatic rings. The lowest BCUT2D eigenvalue weighted by molar-refractivity contribution is -0.119. The van der Waals surface area contributed by atoms with Crippen LogP contribution < -0.4 is 5.32 Å². The van der Waals surface area contributed by atoms with Gasteiger partial charge >= 0.3 is 0 Å². The van der Waals surface area contributed by atoms with Crippen molar-refractivity contribution < 1.29 is 13.7 Å². The summed E-state index contributed by atoms with van der Waals surface area (Å²) < 4.78 is 18.0. The number of carbonyl (C=O) groups excluding carboxylic acids is 1. The summed E-state index contributed by atoms with van der Waals surface area (Å²) in [6.45, 7) is 1.74. The molecule has 1 aromatic heterocycles. The molecule has 126 valence electrons. The summed E-state index contributed by atoms with van der Waals surface area (Å²) in [7, 11) is 0. The molecule has 0 saturated heterocycles. The SMILES string of the molecule is Cc1nc(C2(NC(=O)/C=C/c3ccc(F)cc3)CCCCC2)no1. The van der Waals surface area contributed by atoms with Crippen LogP contribution in [0, 0.1) is 12.7 Å². The molecule has 0 spiro atoms. The van der Waals surface area contributed by atoms with E-state index >= 15 is 0 Å². The maximum Gasteiger partial charge on any atom is 0.244 e. The second-order valence-electron chi connectivity index (χ2n) is 6.15. The Morgan fingerprint density at radius 1 is 1.25 bits per heavy atom. The zero-order valence-corrected chi connectivity index (χ0v) is 13.6. The molecule has 0 unspecified atom stereocenters. The van der Waals surface area contributed by atoms with E-state index in [1.807, 2.05) is 0 Å². The zero-order chi connectivity index (χ0) is 17.0. The first-order chi connectivity index (χ1) is 11.6. The highest BCUT2D eigenvalue weighted by molar-refractivity contribution is 5.92. The van der Waals surface area contributed by atoms with E-state index in [1.54, 1.807) is 25.1 Å². The predicted molar refractivity (Wildman–Crippen MR) is 87.4 cm³/mol. The van der Waals surface area contributed by atoms with Gasteiger partial charge in [-0.15, -0.1) is 0 Å². The van der Waals surface area contributed by atoms with Crippen LogP contribution in [0.4, 0.5) is 4.39 Å². The Balaban J connectivity index is 1.75. The maximum atomic E-state index is 12.9. The number of halogens is 1. The summed E-state index contributed by atoms with van der Waals surface area (Å²) in [5.74, 6) is 0.517. The quantitative estimate of drug-likeness (QED) is 0.872. The van der Waals surface area contributed by atoms with Gasteiger partial charge in [0, 0.05) is 13.0 Å². The van der Waals surface area contributed by atoms with E-state index in [2.05, 4.69) is 15.5 Å². The van der Waals surface area contributed by atoms with Crippen molar-refractivity contribution in [3.8, 4) is 0 Å². The molecule has 5 nitrogen and oxygen atoms in total. The predicted octanol–water partition coefficient (Wildman–Crippen LogP) is 3.51. The summed E-state index contributed by atoms with van der Waals surface area (Å²) >= 11 is 0. The Kier molecular flexibility index (Phi) is 4.74. The first-order valence-corrected chi connectivity index (χ1v) is 8.14. The van der Waals surface area contributed by atoms with Crippen LogP contribution in [0.3, 0.4) is 0 Å². The van der Waals surface area contributed by atoms with Gasteiger partial charge in [-0.05, 0) is 36.6 Å². The Morgan fingerprint density at radius 3 is 2.58 bits per heavy atom. The summed E-state index contributed by atoms with van der Waals surface area (Å²) in [5.41, 5.74) is 0.194. The minimum atomic E-state index is -0.569. The topological polar surface area (TPSA) is 68.0 Å². The Bertz CT molecular complexity index is 731. The van der Waals surface area contributed by atoms with Crippen LogP contribution >= 0.6 is 0 Å². The number of amides is 1. The highest BCUT2D eigenvalue weighted by atomic mass is 19.1. The number of carbonyl (C=O) groups is 1. The van der Waals surface area contributed by atoms with Gasteiger partial charge in [-0.1, -0.05) is 36.6 Å². The van der Waals surface area contributed by atoms with Crippen molar-refractivity contribution >= 4 is 12.0 Å². The second-order valence-corrected chi connectivity index (χ2v) is 6.15. The lowest BCUT2D eigenvalue weighted by Gasteiger charge is -2.34. The van der Waals surface area contributed by atoms with Crippen molar-refractivity contribution in [3.63, 3.8) is 0 Å². The van der Waals surface area contributed by atoms with E-state index in [4.69, 9.17) is 4.52 Å². The molecule has 0 aliphatic heterocycles. The second kappa shape index (κ2) is 6.95. The summed E-state index contributed by atoms with van der Waals surface area (Å²) in [6, 6.07) is 5.97. The normalized spacial score (nSPS) is 17.1. The Hall–Kier alpha value is -2.50. The van der Waals surface area contributed by atoms with Crippen molar-refractivity contribution in [1.29, 1.82) is 0 Å². The van der Waals surface area contributed by atoms with E-state index in [1.165, 1.54) is 18.2 Å². The van der Waals surface area contributed by atoms with Gasteiger partial charge in [-0.25, -0.2) is 4.39 Å². The standard InChI is InChI=1S/C18H20FN3O2/c1-13-20-17(22-24-13)18(11-3-2-4-12-18)21-16(23)10-7-14-5-8-15(19)9-6-14/h5-10H,2-4,11-12H2,1H3,(H,21,23)/b10-7+. The van der Waals surface area contributed by atoms with Gasteiger partial charge in [0.1, 0.15) is 11.4 Å². The van der Waals surface area contributed by atoms with Crippen LogP contribution in [0.25, 0.3) is 6.08 Å². The lowest BCUT2D eigenvalue weighted by atomic mass is 9.81. The summed E-state index contributed by atoms with van der Waals surface area (Å²) in [5, 5.41) is 7.08. The van der Waals surface area contributed by atoms with E-state index in [0.29, 0.717) is 11.7 Å². The number of benzene rings is 1. The van der Waals surface area contributed by atoms with Crippen LogP contribution in [0.15, 0.2) is 34.9 Å². The highest BCUT2D eigenvalue weighted by Crippen LogP contribution is 2.35. The molecule has 1 aliphatic rings. The molecule has 6 heteroatoms. The molecule has 1 N–H and O–H groups in total. The van der Waals surface area contributed by atoms with E-state index < -0.39 is 5.54 Å². The summed E-state index contributed by atoms with van der Waals surface area (Å²) in [4.78, 5) is 16.7. The van der Waals surface area contributed by atoms with Gasteiger partial charge in [-0.3, -0.25) is 4.79 Å². The molecule has 24 heavy (non-hydrogen) atoms. The van der Waals surface area contributed by atoms with Gasteiger partial charge < -0.3 is 9.84 Å². The minimum absolute atomic E-state index is 0.219. The molecule has 0 atom stereocenters. The fraction of sp³-hybridized carbons (Fsp3) is 0.389. The molecular weight excluding hydrogens is 309 g/mol. The Labute approximate surface area is 140 Å². The molecule has 0 bridgehead atoms. The highest BCUT2D eigenvalue weighted by Gasteiger charge is 2.39. The van der Waals surface area contributed by atoms with Crippen LogP contribution in [0.5, 0.6) is 0 Å². The van der Waals surface area contributed by atoms with Crippen LogP contribution in [0.2, 0.25) is 0 Å². The molecule has 1 saturated carbocycles. The summed E-state index contributed by atoms with van der Waals surface area (Å²) in [6.07, 6.45) is 7.86. The Morgan fingerprint density at radius 2 is 1.96 bits per heavy atom. The number of nitrogens with one attached hydrogen (secondary N) is 1. The molecule has 0 radical (unpaired) electrons. The van der Waals surface area contributed by atoms with Crippen LogP contribution in [-0.2, 0) is 10.3 Å². The van der Waals surface area contributed by atoms with Gasteiger partial charge in [0.15, 0.2) is 5.82 Å². The number of hydrogen-bond acceptors (Lipinski definition) is 4. The average Bonchev–Trinajstić information content (AvgIpc) is 3.02. The van der Waals surface area contributed by atoms with Gasteiger partial charge in [-0.2, -0.15) is 4.98 Å². The number of hydrogen-bond donors (Lipinski definition) is 1. The third kappa shape index (κ3) is 3.69. The number of aryl methyl sites for hydroxylation is 1. The van der Waals surface area contributed by atoms with E-state index in [9.17, 15) is 9.18 Å². The van der Waals surface area contributed by atoms with E-state index in [0.717, 1.165) is 37.7 Å². The molecule has 1 fully saturated rings. The van der Waals surface area contributed by atoms with Gasteiger partial charge in [0.05, 0.1) is 0 Å². The average molecular weight is 329 g/mol. The molecule has 1 heterocycles. The molecular formula is C18H20FN3O2. The van der Waals surface area contributed by atoms with Gasteiger partial charge in [0.25, 0.3) is 0 Å². The third-order valence-electron chi connectivity index (χ3n) is 4.32. The van der Waals surface area contributed by atoms with Crippen molar-refractivity contribution in [3.05, 3.63) is 53.4 Å². The van der Waals surface area contributed by atoms with Crippen molar-refractivity contribution in [2.24, 2.45) is 0 Å². The third-order valence-corrected chi connectivity index (χ3v) is 4.32. The number of nitrogens with zero attached hydrogens (tertiary/aromatic N) is 2. The molecule has 1 amide bonds. The smallest absolute Gasteiger partial charge is 0.244 e. The monoisotopic (exact) mass is 329 g/mol. The van der Waals surface area contributed by atoms with Crippen LogP contribution in [-0.4, -0.2) is 16.0 Å². The minimum Gasteiger partial charge on any atom is -0.340 e. The lowest BCUT2D eigenvalue weighted by Crippen LogP contribution is -2.47. The first-order valence-electron chi connectivity index (χ1n) is 8.14. The first kappa shape index (κ1) is 16.4. The van der Waals surface area contributed by atoms with Crippen molar-refractivity contribution in [1.82, 2.24) is 15.5 Å². The molecule has 3 rings (SSSR count). The fourth-order valence-corrected chi connectivity index (χ4v) is 3.08. The van der Waals surface area contributed by atoms with Crippen molar-refractivity contribution in [2.45, 2.75) is 44.6 Å². The molecule has 1 aromatic carbocycles. The fourth-order valence-electron chi connectivity index (χ4n) is 3.08. The zero-order valence-electron chi connectivity index (χ0n) is 13.6. The van der Waals surface area contributed by atoms with E-state index in [-0.39, 0.29) is 11.7 Å². The van der Waals surface area contributed by atoms with Gasteiger partial charge in [0.2, 0.25) is 11.8 Å². The number of aromatic nitrogens is 2. The largest absolute Gasteiger partial charge is 0.340 e. The van der Waals surface area contributed by atoms with Crippen LogP contribution in [0.1, 0.15) is 49.4 Å². The van der Waals surface area contributed by atoms with Crippen molar-refractivity contribution in [2.75, 3.05) is 0 Å².